The first-order valence-electron chi connectivity index (χ1n) is 9.46. The molecule has 1 rings (SSSR count). The van der Waals surface area contributed by atoms with E-state index >= 15 is 0 Å². The molecule has 1 fully saturated rings. The molecule has 0 saturated heterocycles. The van der Waals surface area contributed by atoms with E-state index in [1.165, 1.54) is 0 Å². The topological polar surface area (TPSA) is 113 Å². The molecule has 0 atom stereocenters. The molecule has 0 radical (unpaired) electrons. The van der Waals surface area contributed by atoms with Gasteiger partial charge in [0.1, 0.15) is 5.60 Å². The SMILES string of the molecule is CN=C(NCC(=O)NCCOC)NC1CCC(NC(=O)OC(C)(C)C)CC1. The average Bonchev–Trinajstić information content (AvgIpc) is 2.58. The molecule has 27 heavy (non-hydrogen) atoms. The first-order chi connectivity index (χ1) is 12.7. The molecular weight excluding hydrogens is 350 g/mol. The molecule has 0 aliphatic heterocycles. The van der Waals surface area contributed by atoms with E-state index in [9.17, 15) is 9.59 Å². The third kappa shape index (κ3) is 10.6. The van der Waals surface area contributed by atoms with Gasteiger partial charge in [0, 0.05) is 32.8 Å². The van der Waals surface area contributed by atoms with Crippen molar-refractivity contribution in [3.63, 3.8) is 0 Å². The number of methoxy groups -OCH3 is 1. The molecule has 0 unspecified atom stereocenters. The fourth-order valence-corrected chi connectivity index (χ4v) is 2.76. The molecule has 2 amide bonds. The minimum Gasteiger partial charge on any atom is -0.444 e. The summed E-state index contributed by atoms with van der Waals surface area (Å²) in [6, 6.07) is 0.379. The van der Waals surface area contributed by atoms with Crippen LogP contribution in [0.5, 0.6) is 0 Å². The van der Waals surface area contributed by atoms with Crippen LogP contribution in [0.15, 0.2) is 4.99 Å². The summed E-state index contributed by atoms with van der Waals surface area (Å²) in [5, 5.41) is 12.0. The van der Waals surface area contributed by atoms with Gasteiger partial charge in [-0.15, -0.1) is 0 Å². The van der Waals surface area contributed by atoms with E-state index < -0.39 is 5.60 Å². The van der Waals surface area contributed by atoms with E-state index in [1.807, 2.05) is 20.8 Å². The van der Waals surface area contributed by atoms with E-state index in [0.717, 1.165) is 25.7 Å². The van der Waals surface area contributed by atoms with E-state index in [-0.39, 0.29) is 30.6 Å². The summed E-state index contributed by atoms with van der Waals surface area (Å²) < 4.78 is 10.2. The predicted octanol–water partition coefficient (Wildman–Crippen LogP) is 0.750. The highest BCUT2D eigenvalue weighted by atomic mass is 16.6. The lowest BCUT2D eigenvalue weighted by Crippen LogP contribution is -2.49. The Morgan fingerprint density at radius 2 is 1.63 bits per heavy atom. The lowest BCUT2D eigenvalue weighted by molar-refractivity contribution is -0.120. The third-order valence-corrected chi connectivity index (χ3v) is 4.06. The summed E-state index contributed by atoms with van der Waals surface area (Å²) >= 11 is 0. The zero-order valence-electron chi connectivity index (χ0n) is 17.2. The largest absolute Gasteiger partial charge is 0.444 e. The molecule has 0 heterocycles. The lowest BCUT2D eigenvalue weighted by Gasteiger charge is -2.31. The third-order valence-electron chi connectivity index (χ3n) is 4.06. The number of carbonyl (C=O) groups excluding carboxylic acids is 2. The quantitative estimate of drug-likeness (QED) is 0.292. The number of nitrogens with one attached hydrogen (secondary N) is 4. The van der Waals surface area contributed by atoms with Crippen LogP contribution in [0.2, 0.25) is 0 Å². The Balaban J connectivity index is 2.27. The van der Waals surface area contributed by atoms with Crippen molar-refractivity contribution in [1.82, 2.24) is 21.3 Å². The van der Waals surface area contributed by atoms with Crippen molar-refractivity contribution in [2.45, 2.75) is 64.1 Å². The molecule has 156 valence electrons. The van der Waals surface area contributed by atoms with Gasteiger partial charge in [0.2, 0.25) is 5.91 Å². The highest BCUT2D eigenvalue weighted by Gasteiger charge is 2.25. The second kappa shape index (κ2) is 11.6. The monoisotopic (exact) mass is 385 g/mol. The molecule has 9 heteroatoms. The van der Waals surface area contributed by atoms with E-state index in [4.69, 9.17) is 9.47 Å². The summed E-state index contributed by atoms with van der Waals surface area (Å²) in [6.07, 6.45) is 3.18. The Morgan fingerprint density at radius 1 is 1.04 bits per heavy atom. The number of nitrogens with zero attached hydrogens (tertiary/aromatic N) is 1. The van der Waals surface area contributed by atoms with Crippen molar-refractivity contribution in [1.29, 1.82) is 0 Å². The van der Waals surface area contributed by atoms with Gasteiger partial charge in [-0.05, 0) is 46.5 Å². The number of aliphatic imine (C=N–C) groups is 1. The van der Waals surface area contributed by atoms with Crippen molar-refractivity contribution in [3.8, 4) is 0 Å². The van der Waals surface area contributed by atoms with E-state index in [0.29, 0.717) is 19.1 Å². The summed E-state index contributed by atoms with van der Waals surface area (Å²) in [4.78, 5) is 27.7. The van der Waals surface area contributed by atoms with Gasteiger partial charge in [0.15, 0.2) is 5.96 Å². The zero-order chi connectivity index (χ0) is 20.3. The van der Waals surface area contributed by atoms with Gasteiger partial charge in [-0.25, -0.2) is 4.79 Å². The maximum absolute atomic E-state index is 11.9. The van der Waals surface area contributed by atoms with Crippen molar-refractivity contribution >= 4 is 18.0 Å². The summed E-state index contributed by atoms with van der Waals surface area (Å²) in [5.41, 5.74) is -0.489. The maximum Gasteiger partial charge on any atom is 0.407 e. The first-order valence-corrected chi connectivity index (χ1v) is 9.46. The van der Waals surface area contributed by atoms with Crippen molar-refractivity contribution in [2.75, 3.05) is 33.9 Å². The maximum atomic E-state index is 11.9. The van der Waals surface area contributed by atoms with Crippen LogP contribution in [0, 0.1) is 0 Å². The normalized spacial score (nSPS) is 20.6. The molecule has 0 aromatic heterocycles. The molecular formula is C18H35N5O4. The van der Waals surface area contributed by atoms with Gasteiger partial charge in [-0.3, -0.25) is 9.79 Å². The Labute approximate surface area is 162 Å². The summed E-state index contributed by atoms with van der Waals surface area (Å²) in [6.45, 7) is 6.67. The Morgan fingerprint density at radius 3 is 2.15 bits per heavy atom. The fourth-order valence-electron chi connectivity index (χ4n) is 2.76. The van der Waals surface area contributed by atoms with Crippen molar-refractivity contribution < 1.29 is 19.1 Å². The molecule has 1 saturated carbocycles. The number of guanidine groups is 1. The Bertz CT molecular complexity index is 496. The number of hydrogen-bond acceptors (Lipinski definition) is 5. The highest BCUT2D eigenvalue weighted by molar-refractivity contribution is 5.86. The van der Waals surface area contributed by atoms with Crippen molar-refractivity contribution in [3.05, 3.63) is 0 Å². The number of alkyl carbamates (subject to hydrolysis) is 1. The molecule has 0 aromatic carbocycles. The number of carbonyl (C=O) groups is 2. The molecule has 9 nitrogen and oxygen atoms in total. The van der Waals surface area contributed by atoms with Crippen LogP contribution in [0.1, 0.15) is 46.5 Å². The van der Waals surface area contributed by atoms with Crippen LogP contribution >= 0.6 is 0 Å². The van der Waals surface area contributed by atoms with Crippen LogP contribution in [-0.4, -0.2) is 69.5 Å². The average molecular weight is 386 g/mol. The molecule has 1 aliphatic rings. The number of hydrogen-bond donors (Lipinski definition) is 4. The standard InChI is InChI=1S/C18H35N5O4/c1-18(2,3)27-17(25)23-14-8-6-13(7-9-14)22-16(19-4)21-12-15(24)20-10-11-26-5/h13-14H,6-12H2,1-5H3,(H,20,24)(H,23,25)(H2,19,21,22). The second-order valence-electron chi connectivity index (χ2n) is 7.61. The van der Waals surface area contributed by atoms with Crippen molar-refractivity contribution in [2.24, 2.45) is 4.99 Å². The van der Waals surface area contributed by atoms with Crippen LogP contribution in [0.25, 0.3) is 0 Å². The lowest BCUT2D eigenvalue weighted by atomic mass is 9.91. The highest BCUT2D eigenvalue weighted by Crippen LogP contribution is 2.19. The molecule has 0 aromatic rings. The predicted molar refractivity (Wildman–Crippen MR) is 105 cm³/mol. The van der Waals surface area contributed by atoms with E-state index in [2.05, 4.69) is 26.3 Å². The smallest absolute Gasteiger partial charge is 0.407 e. The number of ether oxygens (including phenoxy) is 2. The van der Waals surface area contributed by atoms with Gasteiger partial charge < -0.3 is 30.7 Å². The van der Waals surface area contributed by atoms with Gasteiger partial charge in [-0.1, -0.05) is 0 Å². The van der Waals surface area contributed by atoms with Gasteiger partial charge >= 0.3 is 6.09 Å². The Hall–Kier alpha value is -2.03. The van der Waals surface area contributed by atoms with E-state index in [1.54, 1.807) is 14.2 Å². The minimum absolute atomic E-state index is 0.111. The molecule has 1 aliphatic carbocycles. The summed E-state index contributed by atoms with van der Waals surface area (Å²) in [5.74, 6) is 0.487. The van der Waals surface area contributed by atoms with Crippen LogP contribution in [0.3, 0.4) is 0 Å². The van der Waals surface area contributed by atoms with Gasteiger partial charge in [0.05, 0.1) is 13.2 Å². The Kier molecular flexibility index (Phi) is 9.92. The molecule has 4 N–H and O–H groups in total. The zero-order valence-corrected chi connectivity index (χ0v) is 17.2. The van der Waals surface area contributed by atoms with Crippen LogP contribution in [0.4, 0.5) is 4.79 Å². The first kappa shape index (κ1) is 23.0. The molecule has 0 spiro atoms. The second-order valence-corrected chi connectivity index (χ2v) is 7.61. The van der Waals surface area contributed by atoms with Gasteiger partial charge in [0.25, 0.3) is 0 Å². The number of amides is 2. The minimum atomic E-state index is -0.489. The molecule has 0 bridgehead atoms. The fraction of sp³-hybridized carbons (Fsp3) is 0.833. The number of rotatable bonds is 7. The van der Waals surface area contributed by atoms with Crippen LogP contribution < -0.4 is 21.3 Å². The van der Waals surface area contributed by atoms with Gasteiger partial charge in [-0.2, -0.15) is 0 Å². The summed E-state index contributed by atoms with van der Waals surface area (Å²) in [7, 11) is 3.27. The van der Waals surface area contributed by atoms with Crippen LogP contribution in [-0.2, 0) is 14.3 Å².